The van der Waals surface area contributed by atoms with Crippen LogP contribution in [-0.2, 0) is 0 Å². The zero-order valence-corrected chi connectivity index (χ0v) is 25.3. The van der Waals surface area contributed by atoms with Crippen LogP contribution in [0.5, 0.6) is 0 Å². The molecule has 0 N–H and O–H groups in total. The highest BCUT2D eigenvalue weighted by molar-refractivity contribution is 6.26. The van der Waals surface area contributed by atoms with E-state index in [9.17, 15) is 5.26 Å². The normalized spacial score (nSPS) is 11.8. The highest BCUT2D eigenvalue weighted by Crippen LogP contribution is 2.43. The van der Waals surface area contributed by atoms with E-state index in [1.165, 1.54) is 32.6 Å². The number of fused-ring (bicyclic) bond motifs is 10. The first-order chi connectivity index (χ1) is 23.3. The summed E-state index contributed by atoms with van der Waals surface area (Å²) in [6.07, 6.45) is 0. The van der Waals surface area contributed by atoms with Crippen molar-refractivity contribution in [3.05, 3.63) is 163 Å². The van der Waals surface area contributed by atoms with E-state index >= 15 is 0 Å². The topological polar surface area (TPSA) is 38.6 Å². The summed E-state index contributed by atoms with van der Waals surface area (Å²) >= 11 is 0. The Kier molecular flexibility index (Phi) is 5.32. The lowest BCUT2D eigenvalue weighted by Crippen LogP contribution is -1.96. The van der Waals surface area contributed by atoms with Crippen LogP contribution in [0.1, 0.15) is 5.56 Å². The van der Waals surface area contributed by atoms with Crippen LogP contribution in [0.2, 0.25) is 0 Å². The van der Waals surface area contributed by atoms with Crippen molar-refractivity contribution in [1.29, 1.82) is 5.26 Å². The molecule has 10 rings (SSSR count). The quantitative estimate of drug-likeness (QED) is 0.199. The summed E-state index contributed by atoms with van der Waals surface area (Å²) in [6.45, 7) is 0. The van der Waals surface area contributed by atoms with E-state index in [0.29, 0.717) is 5.56 Å². The second-order valence-corrected chi connectivity index (χ2v) is 12.1. The van der Waals surface area contributed by atoms with Crippen LogP contribution in [0.15, 0.2) is 158 Å². The molecule has 3 heterocycles. The zero-order valence-electron chi connectivity index (χ0n) is 25.3. The van der Waals surface area contributed by atoms with Crippen molar-refractivity contribution in [3.8, 4) is 23.1 Å². The maximum Gasteiger partial charge on any atom is 0.0991 e. The number of benzene rings is 7. The number of hydrogen-bond donors (Lipinski definition) is 0. The molecule has 0 aliphatic heterocycles. The molecule has 0 aliphatic rings. The fourth-order valence-corrected chi connectivity index (χ4v) is 7.71. The highest BCUT2D eigenvalue weighted by atomic mass is 15.0. The number of nitriles is 1. The van der Waals surface area contributed by atoms with Crippen LogP contribution in [-0.4, -0.2) is 13.7 Å². The molecule has 0 atom stereocenters. The first-order valence-corrected chi connectivity index (χ1v) is 15.8. The zero-order chi connectivity index (χ0) is 31.1. The number of hydrogen-bond acceptors (Lipinski definition) is 1. The minimum Gasteiger partial charge on any atom is -0.309 e. The summed E-state index contributed by atoms with van der Waals surface area (Å²) in [4.78, 5) is 0. The van der Waals surface area contributed by atoms with Crippen molar-refractivity contribution < 1.29 is 0 Å². The number of para-hydroxylation sites is 4. The van der Waals surface area contributed by atoms with Crippen molar-refractivity contribution in [3.63, 3.8) is 0 Å². The van der Waals surface area contributed by atoms with E-state index in [1.807, 2.05) is 12.1 Å². The fourth-order valence-electron chi connectivity index (χ4n) is 7.71. The van der Waals surface area contributed by atoms with Crippen molar-refractivity contribution >= 4 is 65.4 Å². The molecule has 218 valence electrons. The Morgan fingerprint density at radius 2 is 0.894 bits per heavy atom. The predicted molar refractivity (Wildman–Crippen MR) is 194 cm³/mol. The first kappa shape index (κ1) is 25.7. The molecular weight excluding hydrogens is 573 g/mol. The van der Waals surface area contributed by atoms with Gasteiger partial charge in [-0.05, 0) is 78.9 Å². The lowest BCUT2D eigenvalue weighted by atomic mass is 10.1. The van der Waals surface area contributed by atoms with Gasteiger partial charge in [0.25, 0.3) is 0 Å². The van der Waals surface area contributed by atoms with E-state index in [-0.39, 0.29) is 0 Å². The molecule has 4 nitrogen and oxygen atoms in total. The average Bonchev–Trinajstić information content (AvgIpc) is 3.77. The Labute approximate surface area is 270 Å². The summed E-state index contributed by atoms with van der Waals surface area (Å²) in [5, 5.41) is 17.0. The van der Waals surface area contributed by atoms with E-state index in [4.69, 9.17) is 0 Å². The standard InChI is InChI=1S/C43H26N4/c44-27-28-19-22-40-36(25-28)42-41(46(40)30-13-5-2-6-14-30)24-21-34-32-15-7-10-18-38(32)47(43(34)42)31-20-23-39-35(26-31)33-16-8-9-17-37(33)45(39)29-11-3-1-4-12-29/h1-26H. The maximum atomic E-state index is 9.96. The van der Waals surface area contributed by atoms with E-state index in [1.54, 1.807) is 0 Å². The molecule has 0 saturated heterocycles. The van der Waals surface area contributed by atoms with Crippen molar-refractivity contribution in [2.75, 3.05) is 0 Å². The molecule has 0 amide bonds. The van der Waals surface area contributed by atoms with Crippen molar-refractivity contribution in [2.45, 2.75) is 0 Å². The van der Waals surface area contributed by atoms with Crippen LogP contribution in [0.4, 0.5) is 0 Å². The van der Waals surface area contributed by atoms with Gasteiger partial charge in [-0.1, -0.05) is 78.9 Å². The molecule has 47 heavy (non-hydrogen) atoms. The second-order valence-electron chi connectivity index (χ2n) is 12.1. The molecule has 7 aromatic carbocycles. The summed E-state index contributed by atoms with van der Waals surface area (Å²) in [5.41, 5.74) is 10.8. The Bertz CT molecular complexity index is 2900. The number of nitrogens with zero attached hydrogens (tertiary/aromatic N) is 4. The Morgan fingerprint density at radius 1 is 0.362 bits per heavy atom. The molecule has 3 aromatic heterocycles. The third kappa shape index (κ3) is 3.57. The van der Waals surface area contributed by atoms with Gasteiger partial charge in [0.05, 0.1) is 44.7 Å². The van der Waals surface area contributed by atoms with Crippen LogP contribution in [0.3, 0.4) is 0 Å². The minimum atomic E-state index is 0.652. The SMILES string of the molecule is N#Cc1ccc2c(c1)c1c(ccc3c4ccccc4n(-c4ccc5c(c4)c4ccccc4n5-c4ccccc4)c31)n2-c1ccccc1. The lowest BCUT2D eigenvalue weighted by molar-refractivity contribution is 1.17. The summed E-state index contributed by atoms with van der Waals surface area (Å²) in [5.74, 6) is 0. The van der Waals surface area contributed by atoms with E-state index in [0.717, 1.165) is 49.9 Å². The van der Waals surface area contributed by atoms with E-state index in [2.05, 4.69) is 165 Å². The van der Waals surface area contributed by atoms with E-state index < -0.39 is 0 Å². The molecule has 0 bridgehead atoms. The monoisotopic (exact) mass is 598 g/mol. The van der Waals surface area contributed by atoms with Crippen LogP contribution >= 0.6 is 0 Å². The van der Waals surface area contributed by atoms with Gasteiger partial charge in [0.15, 0.2) is 0 Å². The van der Waals surface area contributed by atoms with Crippen molar-refractivity contribution in [2.24, 2.45) is 0 Å². The lowest BCUT2D eigenvalue weighted by Gasteiger charge is -2.11. The van der Waals surface area contributed by atoms with Gasteiger partial charge in [0.1, 0.15) is 0 Å². The molecule has 0 saturated carbocycles. The molecule has 0 unspecified atom stereocenters. The van der Waals surface area contributed by atoms with Crippen molar-refractivity contribution in [1.82, 2.24) is 13.7 Å². The van der Waals surface area contributed by atoms with Gasteiger partial charge in [-0.2, -0.15) is 5.26 Å². The van der Waals surface area contributed by atoms with Gasteiger partial charge >= 0.3 is 0 Å². The minimum absolute atomic E-state index is 0.652. The molecule has 0 fully saturated rings. The Morgan fingerprint density at radius 3 is 1.60 bits per heavy atom. The molecule has 0 spiro atoms. The van der Waals surface area contributed by atoms with Gasteiger partial charge in [-0.3, -0.25) is 0 Å². The molecule has 0 aliphatic carbocycles. The van der Waals surface area contributed by atoms with Gasteiger partial charge in [-0.25, -0.2) is 0 Å². The van der Waals surface area contributed by atoms with Gasteiger partial charge in [-0.15, -0.1) is 0 Å². The highest BCUT2D eigenvalue weighted by Gasteiger charge is 2.22. The van der Waals surface area contributed by atoms with Gasteiger partial charge < -0.3 is 13.7 Å². The van der Waals surface area contributed by atoms with Crippen LogP contribution in [0, 0.1) is 11.3 Å². The second kappa shape index (κ2) is 9.71. The summed E-state index contributed by atoms with van der Waals surface area (Å²) in [6, 6.07) is 58.2. The number of rotatable bonds is 3. The average molecular weight is 599 g/mol. The Balaban J connectivity index is 1.37. The molecular formula is C43H26N4. The largest absolute Gasteiger partial charge is 0.309 e. The third-order valence-electron chi connectivity index (χ3n) is 9.63. The smallest absolute Gasteiger partial charge is 0.0991 e. The fraction of sp³-hybridized carbons (Fsp3) is 0. The summed E-state index contributed by atoms with van der Waals surface area (Å²) < 4.78 is 7.11. The van der Waals surface area contributed by atoms with Gasteiger partial charge in [0.2, 0.25) is 0 Å². The number of aromatic nitrogens is 3. The van der Waals surface area contributed by atoms with Crippen LogP contribution < -0.4 is 0 Å². The molecule has 0 radical (unpaired) electrons. The van der Waals surface area contributed by atoms with Crippen LogP contribution in [0.25, 0.3) is 82.5 Å². The summed E-state index contributed by atoms with van der Waals surface area (Å²) in [7, 11) is 0. The Hall–Kier alpha value is -6.57. The van der Waals surface area contributed by atoms with Gasteiger partial charge in [0, 0.05) is 49.4 Å². The molecule has 4 heteroatoms. The third-order valence-corrected chi connectivity index (χ3v) is 9.63. The molecule has 10 aromatic rings. The predicted octanol–water partition coefficient (Wildman–Crippen LogP) is 10.8. The first-order valence-electron chi connectivity index (χ1n) is 15.8. The maximum absolute atomic E-state index is 9.96.